The molecule has 0 radical (unpaired) electrons. The quantitative estimate of drug-likeness (QED) is 0.316. The fraction of sp³-hybridized carbons (Fsp3) is 0.160. The van der Waals surface area contributed by atoms with Gasteiger partial charge in [-0.05, 0) is 79.6 Å². The molecule has 2 N–H and O–H groups in total. The van der Waals surface area contributed by atoms with Crippen molar-refractivity contribution in [1.29, 1.82) is 0 Å². The lowest BCUT2D eigenvalue weighted by molar-refractivity contribution is -0.118. The first-order chi connectivity index (χ1) is 15.9. The van der Waals surface area contributed by atoms with Crippen LogP contribution in [0.5, 0.6) is 11.5 Å². The zero-order valence-electron chi connectivity index (χ0n) is 18.3. The number of halogens is 1. The molecule has 8 heteroatoms. The highest BCUT2D eigenvalue weighted by atomic mass is 79.9. The maximum Gasteiger partial charge on any atom is 0.271 e. The molecule has 7 nitrogen and oxygen atoms in total. The van der Waals surface area contributed by atoms with Crippen LogP contribution in [0, 0.1) is 6.92 Å². The van der Waals surface area contributed by atoms with Gasteiger partial charge in [-0.2, -0.15) is 5.10 Å². The number of ether oxygens (including phenoxy) is 2. The van der Waals surface area contributed by atoms with E-state index in [9.17, 15) is 9.59 Å². The van der Waals surface area contributed by atoms with Crippen LogP contribution >= 0.6 is 15.9 Å². The van der Waals surface area contributed by atoms with Crippen molar-refractivity contribution in [1.82, 2.24) is 5.43 Å². The molecule has 0 atom stereocenters. The third-order valence-corrected chi connectivity index (χ3v) is 4.94. The molecular weight excluding hydrogens is 486 g/mol. The second kappa shape index (κ2) is 11.8. The van der Waals surface area contributed by atoms with Crippen molar-refractivity contribution in [2.45, 2.75) is 13.8 Å². The van der Waals surface area contributed by atoms with Crippen LogP contribution < -0.4 is 20.2 Å². The van der Waals surface area contributed by atoms with Crippen molar-refractivity contribution in [3.05, 3.63) is 87.9 Å². The number of hydrazone groups is 1. The van der Waals surface area contributed by atoms with Gasteiger partial charge in [0.05, 0.1) is 12.8 Å². The summed E-state index contributed by atoms with van der Waals surface area (Å²) >= 11 is 3.33. The number of amides is 2. The second-order valence-electron chi connectivity index (χ2n) is 7.05. The number of anilines is 1. The molecule has 3 rings (SSSR count). The topological polar surface area (TPSA) is 89.0 Å². The summed E-state index contributed by atoms with van der Waals surface area (Å²) < 4.78 is 12.2. The van der Waals surface area contributed by atoms with Crippen molar-refractivity contribution in [3.8, 4) is 11.5 Å². The number of hydrogen-bond donors (Lipinski definition) is 2. The largest absolute Gasteiger partial charge is 0.490 e. The minimum atomic E-state index is -0.316. The van der Waals surface area contributed by atoms with Crippen LogP contribution in [0.4, 0.5) is 5.69 Å². The SMILES string of the molecule is CCOc1cc(/C=N/NC(=O)c2ccc(Br)cc2)ccc1OCC(=O)Nc1cccc(C)c1. The summed E-state index contributed by atoms with van der Waals surface area (Å²) in [6, 6.07) is 19.7. The Kier molecular flexibility index (Phi) is 8.60. The predicted octanol–water partition coefficient (Wildman–Crippen LogP) is 4.94. The number of benzene rings is 3. The molecule has 3 aromatic carbocycles. The van der Waals surface area contributed by atoms with E-state index < -0.39 is 0 Å². The standard InChI is InChI=1S/C25H24BrN3O4/c1-3-32-23-14-18(15-27-29-25(31)19-8-10-20(26)11-9-19)7-12-22(23)33-16-24(30)28-21-6-4-5-17(2)13-21/h4-15H,3,16H2,1-2H3,(H,28,30)(H,29,31)/b27-15+. The van der Waals surface area contributed by atoms with Crippen LogP contribution in [0.25, 0.3) is 0 Å². The molecule has 0 aliphatic heterocycles. The Labute approximate surface area is 200 Å². The van der Waals surface area contributed by atoms with E-state index in [1.807, 2.05) is 38.1 Å². The van der Waals surface area contributed by atoms with Crippen molar-refractivity contribution >= 4 is 39.6 Å². The summed E-state index contributed by atoms with van der Waals surface area (Å²) in [6.45, 7) is 4.07. The van der Waals surface area contributed by atoms with Crippen molar-refractivity contribution in [3.63, 3.8) is 0 Å². The highest BCUT2D eigenvalue weighted by Crippen LogP contribution is 2.28. The minimum Gasteiger partial charge on any atom is -0.490 e. The Balaban J connectivity index is 1.59. The third-order valence-electron chi connectivity index (χ3n) is 4.41. The first-order valence-electron chi connectivity index (χ1n) is 10.3. The maximum atomic E-state index is 12.2. The third kappa shape index (κ3) is 7.47. The lowest BCUT2D eigenvalue weighted by Gasteiger charge is -2.13. The van der Waals surface area contributed by atoms with Gasteiger partial charge < -0.3 is 14.8 Å². The first-order valence-corrected chi connectivity index (χ1v) is 11.1. The van der Waals surface area contributed by atoms with E-state index in [4.69, 9.17) is 9.47 Å². The van der Waals surface area contributed by atoms with E-state index in [0.29, 0.717) is 34.9 Å². The molecule has 3 aromatic rings. The number of aryl methyl sites for hydroxylation is 1. The fourth-order valence-corrected chi connectivity index (χ4v) is 3.15. The van der Waals surface area contributed by atoms with Gasteiger partial charge in [-0.1, -0.05) is 28.1 Å². The molecule has 0 bridgehead atoms. The minimum absolute atomic E-state index is 0.162. The molecule has 0 heterocycles. The van der Waals surface area contributed by atoms with Crippen LogP contribution in [0.15, 0.2) is 76.3 Å². The molecule has 0 aliphatic carbocycles. The van der Waals surface area contributed by atoms with Crippen molar-refractivity contribution in [2.75, 3.05) is 18.5 Å². The highest BCUT2D eigenvalue weighted by Gasteiger charge is 2.10. The Bertz CT molecular complexity index is 1150. The number of carbonyl (C=O) groups is 2. The highest BCUT2D eigenvalue weighted by molar-refractivity contribution is 9.10. The van der Waals surface area contributed by atoms with E-state index in [0.717, 1.165) is 10.0 Å². The Hall–Kier alpha value is -3.65. The molecule has 33 heavy (non-hydrogen) atoms. The van der Waals surface area contributed by atoms with Gasteiger partial charge in [0, 0.05) is 15.7 Å². The summed E-state index contributed by atoms with van der Waals surface area (Å²) in [5.74, 6) is 0.323. The number of rotatable bonds is 9. The van der Waals surface area contributed by atoms with Gasteiger partial charge in [-0.25, -0.2) is 5.43 Å². The second-order valence-corrected chi connectivity index (χ2v) is 7.97. The van der Waals surface area contributed by atoms with Gasteiger partial charge >= 0.3 is 0 Å². The normalized spacial score (nSPS) is 10.6. The molecule has 0 fully saturated rings. The van der Waals surface area contributed by atoms with Gasteiger partial charge in [0.2, 0.25) is 0 Å². The lowest BCUT2D eigenvalue weighted by Crippen LogP contribution is -2.20. The summed E-state index contributed by atoms with van der Waals surface area (Å²) in [5.41, 5.74) is 5.46. The first kappa shape index (κ1) is 24.0. The van der Waals surface area contributed by atoms with E-state index in [-0.39, 0.29) is 18.4 Å². The number of hydrogen-bond acceptors (Lipinski definition) is 5. The molecule has 0 aliphatic rings. The van der Waals surface area contributed by atoms with Crippen LogP contribution in [0.2, 0.25) is 0 Å². The molecule has 0 saturated carbocycles. The van der Waals surface area contributed by atoms with Crippen LogP contribution in [0.1, 0.15) is 28.4 Å². The Morgan fingerprint density at radius 2 is 1.79 bits per heavy atom. The van der Waals surface area contributed by atoms with E-state index in [1.165, 1.54) is 6.21 Å². The monoisotopic (exact) mass is 509 g/mol. The number of nitrogens with zero attached hydrogens (tertiary/aromatic N) is 1. The lowest BCUT2D eigenvalue weighted by atomic mass is 10.2. The Morgan fingerprint density at radius 3 is 2.52 bits per heavy atom. The smallest absolute Gasteiger partial charge is 0.271 e. The maximum absolute atomic E-state index is 12.2. The van der Waals surface area contributed by atoms with Gasteiger partial charge in [-0.15, -0.1) is 0 Å². The molecular formula is C25H24BrN3O4. The van der Waals surface area contributed by atoms with E-state index in [1.54, 1.807) is 42.5 Å². The molecule has 0 saturated heterocycles. The fourth-order valence-electron chi connectivity index (χ4n) is 2.89. The van der Waals surface area contributed by atoms with Crippen molar-refractivity contribution in [2.24, 2.45) is 5.10 Å². The van der Waals surface area contributed by atoms with Crippen LogP contribution in [-0.4, -0.2) is 31.2 Å². The average molecular weight is 510 g/mol. The summed E-state index contributed by atoms with van der Waals surface area (Å²) in [5, 5.41) is 6.80. The molecule has 0 aromatic heterocycles. The predicted molar refractivity (Wildman–Crippen MR) is 132 cm³/mol. The van der Waals surface area contributed by atoms with Crippen LogP contribution in [-0.2, 0) is 4.79 Å². The molecule has 0 unspecified atom stereocenters. The number of carbonyl (C=O) groups excluding carboxylic acids is 2. The molecule has 170 valence electrons. The van der Waals surface area contributed by atoms with Gasteiger partial charge in [0.15, 0.2) is 18.1 Å². The molecule has 0 spiro atoms. The van der Waals surface area contributed by atoms with Gasteiger partial charge in [-0.3, -0.25) is 9.59 Å². The van der Waals surface area contributed by atoms with E-state index >= 15 is 0 Å². The van der Waals surface area contributed by atoms with Crippen molar-refractivity contribution < 1.29 is 19.1 Å². The number of nitrogens with one attached hydrogen (secondary N) is 2. The zero-order valence-corrected chi connectivity index (χ0v) is 19.9. The summed E-state index contributed by atoms with van der Waals surface area (Å²) in [7, 11) is 0. The molecule has 2 amide bonds. The summed E-state index contributed by atoms with van der Waals surface area (Å²) in [4.78, 5) is 24.4. The Morgan fingerprint density at radius 1 is 1.00 bits per heavy atom. The zero-order chi connectivity index (χ0) is 23.6. The average Bonchev–Trinajstić information content (AvgIpc) is 2.79. The van der Waals surface area contributed by atoms with Crippen LogP contribution in [0.3, 0.4) is 0 Å². The van der Waals surface area contributed by atoms with Gasteiger partial charge in [0.1, 0.15) is 0 Å². The van der Waals surface area contributed by atoms with Gasteiger partial charge in [0.25, 0.3) is 11.8 Å². The van der Waals surface area contributed by atoms with E-state index in [2.05, 4.69) is 31.8 Å². The summed E-state index contributed by atoms with van der Waals surface area (Å²) in [6.07, 6.45) is 1.51.